The van der Waals surface area contributed by atoms with Gasteiger partial charge in [0.15, 0.2) is 0 Å². The van der Waals surface area contributed by atoms with Crippen LogP contribution in [0.4, 0.5) is 4.39 Å². The summed E-state index contributed by atoms with van der Waals surface area (Å²) in [6.07, 6.45) is 0.208. The predicted octanol–water partition coefficient (Wildman–Crippen LogP) is 2.83. The molecular weight excluding hydrogens is 195 g/mol. The maximum atomic E-state index is 13.0. The third kappa shape index (κ3) is 2.91. The first kappa shape index (κ1) is 11.4. The van der Waals surface area contributed by atoms with Crippen LogP contribution in [0.25, 0.3) is 5.57 Å². The molecular formula is C12H13FO2. The normalized spacial score (nSPS) is 9.80. The van der Waals surface area contributed by atoms with E-state index < -0.39 is 0 Å². The van der Waals surface area contributed by atoms with Crippen molar-refractivity contribution in [3.05, 3.63) is 36.2 Å². The van der Waals surface area contributed by atoms with Gasteiger partial charge in [-0.2, -0.15) is 0 Å². The number of allylic oxidation sites excluding steroid dienone is 1. The number of Topliss-reactive ketones (excluding diaryl/α,β-unsaturated/α-hetero) is 1. The standard InChI is InChI=1S/C12H13FO2/c1-8(6-9(2)14)11-7-10(13)4-5-12(11)15-3/h4-5,7H,1,6H2,2-3H3. The summed E-state index contributed by atoms with van der Waals surface area (Å²) in [6.45, 7) is 5.22. The van der Waals surface area contributed by atoms with Crippen molar-refractivity contribution >= 4 is 11.4 Å². The molecule has 80 valence electrons. The zero-order chi connectivity index (χ0) is 11.4. The predicted molar refractivity (Wildman–Crippen MR) is 57.3 cm³/mol. The fourth-order valence-electron chi connectivity index (χ4n) is 1.35. The molecule has 0 spiro atoms. The Balaban J connectivity index is 3.05. The molecule has 0 unspecified atom stereocenters. The van der Waals surface area contributed by atoms with E-state index in [1.807, 2.05) is 0 Å². The number of ketones is 1. The van der Waals surface area contributed by atoms with Crippen molar-refractivity contribution in [2.24, 2.45) is 0 Å². The van der Waals surface area contributed by atoms with Crippen LogP contribution >= 0.6 is 0 Å². The van der Waals surface area contributed by atoms with Gasteiger partial charge in [-0.1, -0.05) is 6.58 Å². The van der Waals surface area contributed by atoms with Gasteiger partial charge in [-0.25, -0.2) is 4.39 Å². The van der Waals surface area contributed by atoms with Gasteiger partial charge in [0.1, 0.15) is 17.3 Å². The average Bonchev–Trinajstić information content (AvgIpc) is 2.16. The van der Waals surface area contributed by atoms with Crippen molar-refractivity contribution in [3.8, 4) is 5.75 Å². The van der Waals surface area contributed by atoms with Crippen molar-refractivity contribution in [2.45, 2.75) is 13.3 Å². The highest BCUT2D eigenvalue weighted by Crippen LogP contribution is 2.27. The van der Waals surface area contributed by atoms with Gasteiger partial charge in [0.25, 0.3) is 0 Å². The number of rotatable bonds is 4. The SMILES string of the molecule is C=C(CC(C)=O)c1cc(F)ccc1OC. The van der Waals surface area contributed by atoms with Gasteiger partial charge in [0.05, 0.1) is 7.11 Å². The topological polar surface area (TPSA) is 26.3 Å². The van der Waals surface area contributed by atoms with Crippen LogP contribution < -0.4 is 4.74 Å². The van der Waals surface area contributed by atoms with Crippen molar-refractivity contribution in [1.82, 2.24) is 0 Å². The van der Waals surface area contributed by atoms with Gasteiger partial charge in [0.2, 0.25) is 0 Å². The number of carbonyl (C=O) groups excluding carboxylic acids is 1. The molecule has 0 atom stereocenters. The van der Waals surface area contributed by atoms with Crippen molar-refractivity contribution in [3.63, 3.8) is 0 Å². The van der Waals surface area contributed by atoms with E-state index in [4.69, 9.17) is 4.74 Å². The monoisotopic (exact) mass is 208 g/mol. The Morgan fingerprint density at radius 2 is 2.20 bits per heavy atom. The van der Waals surface area contributed by atoms with E-state index in [1.54, 1.807) is 0 Å². The van der Waals surface area contributed by atoms with E-state index in [9.17, 15) is 9.18 Å². The zero-order valence-corrected chi connectivity index (χ0v) is 8.84. The van der Waals surface area contributed by atoms with Gasteiger partial charge in [-0.3, -0.25) is 4.79 Å². The molecule has 1 aromatic carbocycles. The lowest BCUT2D eigenvalue weighted by Crippen LogP contribution is -1.96. The summed E-state index contributed by atoms with van der Waals surface area (Å²) in [5.41, 5.74) is 1.12. The number of methoxy groups -OCH3 is 1. The fourth-order valence-corrected chi connectivity index (χ4v) is 1.35. The Bertz CT molecular complexity index is 397. The highest BCUT2D eigenvalue weighted by molar-refractivity contribution is 5.88. The van der Waals surface area contributed by atoms with Crippen LogP contribution in [-0.4, -0.2) is 12.9 Å². The highest BCUT2D eigenvalue weighted by Gasteiger charge is 2.09. The molecule has 0 amide bonds. The first-order chi connectivity index (χ1) is 7.04. The van der Waals surface area contributed by atoms with Crippen LogP contribution in [-0.2, 0) is 4.79 Å². The molecule has 0 aromatic heterocycles. The van der Waals surface area contributed by atoms with Crippen LogP contribution in [0, 0.1) is 5.82 Å². The lowest BCUT2D eigenvalue weighted by molar-refractivity contribution is -0.116. The summed E-state index contributed by atoms with van der Waals surface area (Å²) in [4.78, 5) is 10.9. The summed E-state index contributed by atoms with van der Waals surface area (Å²) >= 11 is 0. The Morgan fingerprint density at radius 3 is 2.73 bits per heavy atom. The van der Waals surface area contributed by atoms with E-state index in [0.717, 1.165) is 0 Å². The second kappa shape index (κ2) is 4.73. The van der Waals surface area contributed by atoms with E-state index in [0.29, 0.717) is 16.9 Å². The molecule has 0 saturated heterocycles. The molecule has 0 aliphatic heterocycles. The fraction of sp³-hybridized carbons (Fsp3) is 0.250. The van der Waals surface area contributed by atoms with Crippen molar-refractivity contribution in [1.29, 1.82) is 0 Å². The van der Waals surface area contributed by atoms with Gasteiger partial charge >= 0.3 is 0 Å². The number of hydrogen-bond acceptors (Lipinski definition) is 2. The summed E-state index contributed by atoms with van der Waals surface area (Å²) in [7, 11) is 1.50. The first-order valence-corrected chi connectivity index (χ1v) is 4.55. The van der Waals surface area contributed by atoms with E-state index in [1.165, 1.54) is 32.2 Å². The number of halogens is 1. The minimum Gasteiger partial charge on any atom is -0.496 e. The average molecular weight is 208 g/mol. The summed E-state index contributed by atoms with van der Waals surface area (Å²) in [6, 6.07) is 4.16. The third-order valence-corrected chi connectivity index (χ3v) is 2.00. The van der Waals surface area contributed by atoms with Crippen LogP contribution in [0.1, 0.15) is 18.9 Å². The summed E-state index contributed by atoms with van der Waals surface area (Å²) < 4.78 is 18.1. The zero-order valence-electron chi connectivity index (χ0n) is 8.84. The Kier molecular flexibility index (Phi) is 3.61. The van der Waals surface area contributed by atoms with E-state index in [-0.39, 0.29) is 18.0 Å². The van der Waals surface area contributed by atoms with Crippen LogP contribution in [0.3, 0.4) is 0 Å². The lowest BCUT2D eigenvalue weighted by Gasteiger charge is -2.09. The number of carbonyl (C=O) groups is 1. The quantitative estimate of drug-likeness (QED) is 0.760. The highest BCUT2D eigenvalue weighted by atomic mass is 19.1. The number of benzene rings is 1. The lowest BCUT2D eigenvalue weighted by atomic mass is 10.0. The molecule has 1 rings (SSSR count). The maximum Gasteiger partial charge on any atom is 0.134 e. The molecule has 0 aliphatic rings. The van der Waals surface area contributed by atoms with E-state index in [2.05, 4.69) is 6.58 Å². The minimum absolute atomic E-state index is 0.00804. The van der Waals surface area contributed by atoms with Crippen LogP contribution in [0.5, 0.6) is 5.75 Å². The van der Waals surface area contributed by atoms with Gasteiger partial charge in [-0.15, -0.1) is 0 Å². The van der Waals surface area contributed by atoms with Crippen molar-refractivity contribution < 1.29 is 13.9 Å². The Morgan fingerprint density at radius 1 is 1.53 bits per heavy atom. The van der Waals surface area contributed by atoms with Gasteiger partial charge in [0, 0.05) is 12.0 Å². The molecule has 3 heteroatoms. The molecule has 0 radical (unpaired) electrons. The molecule has 0 aliphatic carbocycles. The van der Waals surface area contributed by atoms with Crippen molar-refractivity contribution in [2.75, 3.05) is 7.11 Å². The first-order valence-electron chi connectivity index (χ1n) is 4.55. The summed E-state index contributed by atoms with van der Waals surface area (Å²) in [5.74, 6) is 0.157. The largest absolute Gasteiger partial charge is 0.496 e. The molecule has 0 bridgehead atoms. The molecule has 0 saturated carbocycles. The van der Waals surface area contributed by atoms with Crippen LogP contribution in [0.2, 0.25) is 0 Å². The second-order valence-electron chi connectivity index (χ2n) is 3.33. The third-order valence-electron chi connectivity index (χ3n) is 2.00. The minimum atomic E-state index is -0.365. The Hall–Kier alpha value is -1.64. The molecule has 0 fully saturated rings. The molecule has 0 N–H and O–H groups in total. The number of hydrogen-bond donors (Lipinski definition) is 0. The molecule has 1 aromatic rings. The smallest absolute Gasteiger partial charge is 0.134 e. The maximum absolute atomic E-state index is 13.0. The molecule has 2 nitrogen and oxygen atoms in total. The van der Waals surface area contributed by atoms with Gasteiger partial charge in [-0.05, 0) is 30.7 Å². The van der Waals surface area contributed by atoms with E-state index >= 15 is 0 Å². The molecule has 0 heterocycles. The van der Waals surface area contributed by atoms with Gasteiger partial charge < -0.3 is 4.74 Å². The number of ether oxygens (including phenoxy) is 1. The summed E-state index contributed by atoms with van der Waals surface area (Å²) in [5, 5.41) is 0. The molecule has 15 heavy (non-hydrogen) atoms. The Labute approximate surface area is 88.4 Å². The second-order valence-corrected chi connectivity index (χ2v) is 3.33. The van der Waals surface area contributed by atoms with Crippen LogP contribution in [0.15, 0.2) is 24.8 Å².